The van der Waals surface area contributed by atoms with Gasteiger partial charge in [0.05, 0.1) is 6.61 Å². The van der Waals surface area contributed by atoms with Crippen molar-refractivity contribution in [2.45, 2.75) is 24.6 Å². The van der Waals surface area contributed by atoms with E-state index in [2.05, 4.69) is 4.52 Å². The normalized spacial score (nSPS) is 29.5. The molecule has 10 heteroatoms. The number of hydrogen-bond acceptors (Lipinski definition) is 7. The lowest BCUT2D eigenvalue weighted by molar-refractivity contribution is -0.115. The molecule has 0 aliphatic carbocycles. The van der Waals surface area contributed by atoms with Crippen molar-refractivity contribution in [1.82, 2.24) is 0 Å². The lowest BCUT2D eigenvalue weighted by Gasteiger charge is -2.16. The molecule has 21 heavy (non-hydrogen) atoms. The highest BCUT2D eigenvalue weighted by atomic mass is 31.2. The first-order valence-corrected chi connectivity index (χ1v) is 7.46. The number of phosphoric ester groups is 1. The van der Waals surface area contributed by atoms with Gasteiger partial charge in [-0.1, -0.05) is 0 Å². The van der Waals surface area contributed by atoms with Crippen LogP contribution in [-0.2, 0) is 13.8 Å². The maximum absolute atomic E-state index is 10.6. The number of benzene rings is 1. The standard InChI is InChI=1S/C11H15O9P/c12-6-1-3-7(4-2-6)19-11-10(14)9(13)8(20-11)5-18-21(15,16)17/h1-4,8-14H,5H2,(H2,15,16,17)/t8-,9-,10-,11-/m1/s1. The van der Waals surface area contributed by atoms with Crippen molar-refractivity contribution in [3.05, 3.63) is 24.3 Å². The smallest absolute Gasteiger partial charge is 0.469 e. The number of phosphoric acid groups is 1. The molecule has 0 bridgehead atoms. The number of phenols is 1. The molecule has 0 radical (unpaired) electrons. The molecule has 0 aromatic heterocycles. The zero-order valence-electron chi connectivity index (χ0n) is 10.6. The van der Waals surface area contributed by atoms with Crippen LogP contribution < -0.4 is 4.74 Å². The third-order valence-corrected chi connectivity index (χ3v) is 3.30. The highest BCUT2D eigenvalue weighted by Gasteiger charge is 2.45. The molecule has 1 fully saturated rings. The van der Waals surface area contributed by atoms with E-state index in [4.69, 9.17) is 24.4 Å². The summed E-state index contributed by atoms with van der Waals surface area (Å²) >= 11 is 0. The van der Waals surface area contributed by atoms with Gasteiger partial charge in [-0.2, -0.15) is 0 Å². The van der Waals surface area contributed by atoms with E-state index in [-0.39, 0.29) is 11.5 Å². The van der Waals surface area contributed by atoms with Crippen molar-refractivity contribution >= 4 is 7.82 Å². The number of aliphatic hydroxyl groups is 2. The first-order chi connectivity index (χ1) is 9.76. The Morgan fingerprint density at radius 1 is 1.14 bits per heavy atom. The van der Waals surface area contributed by atoms with Crippen LogP contribution in [0.5, 0.6) is 11.5 Å². The summed E-state index contributed by atoms with van der Waals surface area (Å²) in [4.78, 5) is 17.2. The molecule has 9 nitrogen and oxygen atoms in total. The summed E-state index contributed by atoms with van der Waals surface area (Å²) in [5, 5.41) is 28.6. The third-order valence-electron chi connectivity index (χ3n) is 2.81. The fourth-order valence-corrected chi connectivity index (χ4v) is 2.12. The predicted octanol–water partition coefficient (Wildman–Crippen LogP) is -0.673. The van der Waals surface area contributed by atoms with Crippen LogP contribution in [0.3, 0.4) is 0 Å². The second-order valence-electron chi connectivity index (χ2n) is 4.42. The van der Waals surface area contributed by atoms with Crippen molar-refractivity contribution in [3.8, 4) is 11.5 Å². The number of aliphatic hydroxyl groups excluding tert-OH is 2. The van der Waals surface area contributed by atoms with Crippen molar-refractivity contribution < 1.29 is 43.7 Å². The summed E-state index contributed by atoms with van der Waals surface area (Å²) < 4.78 is 25.3. The topological polar surface area (TPSA) is 146 Å². The molecule has 1 aromatic carbocycles. The average Bonchev–Trinajstić information content (AvgIpc) is 2.66. The summed E-state index contributed by atoms with van der Waals surface area (Å²) in [5.74, 6) is 0.309. The average molecular weight is 322 g/mol. The Bertz CT molecular complexity index is 513. The molecule has 4 atom stereocenters. The Labute approximate surface area is 119 Å². The number of rotatable bonds is 5. The number of aromatic hydroxyl groups is 1. The van der Waals surface area contributed by atoms with Gasteiger partial charge in [0.25, 0.3) is 0 Å². The van der Waals surface area contributed by atoms with Gasteiger partial charge in [-0.15, -0.1) is 0 Å². The van der Waals surface area contributed by atoms with Gasteiger partial charge in [0.15, 0.2) is 0 Å². The second kappa shape index (κ2) is 6.29. The summed E-state index contributed by atoms with van der Waals surface area (Å²) in [7, 11) is -4.70. The van der Waals surface area contributed by atoms with E-state index < -0.39 is 39.0 Å². The first kappa shape index (κ1) is 16.2. The fraction of sp³-hybridized carbons (Fsp3) is 0.455. The Balaban J connectivity index is 1.96. The van der Waals surface area contributed by atoms with Crippen LogP contribution in [0.1, 0.15) is 0 Å². The van der Waals surface area contributed by atoms with Gasteiger partial charge in [0, 0.05) is 0 Å². The minimum atomic E-state index is -4.70. The number of phenolic OH excluding ortho intramolecular Hbond substituents is 1. The van der Waals surface area contributed by atoms with Gasteiger partial charge < -0.3 is 34.6 Å². The molecule has 5 N–H and O–H groups in total. The van der Waals surface area contributed by atoms with Crippen LogP contribution in [-0.4, -0.2) is 56.3 Å². The molecule has 0 saturated carbocycles. The van der Waals surface area contributed by atoms with Gasteiger partial charge in [0.1, 0.15) is 29.8 Å². The molecule has 0 amide bonds. The first-order valence-electron chi connectivity index (χ1n) is 5.93. The zero-order valence-corrected chi connectivity index (χ0v) is 11.5. The van der Waals surface area contributed by atoms with E-state index in [9.17, 15) is 14.8 Å². The van der Waals surface area contributed by atoms with E-state index in [0.29, 0.717) is 0 Å². The van der Waals surface area contributed by atoms with Crippen molar-refractivity contribution in [3.63, 3.8) is 0 Å². The Morgan fingerprint density at radius 2 is 1.76 bits per heavy atom. The largest absolute Gasteiger partial charge is 0.508 e. The lowest BCUT2D eigenvalue weighted by Crippen LogP contribution is -2.35. The highest BCUT2D eigenvalue weighted by molar-refractivity contribution is 7.46. The lowest BCUT2D eigenvalue weighted by atomic mass is 10.1. The summed E-state index contributed by atoms with van der Waals surface area (Å²) in [6, 6.07) is 5.58. The van der Waals surface area contributed by atoms with E-state index in [1.807, 2.05) is 0 Å². The minimum Gasteiger partial charge on any atom is -0.508 e. The van der Waals surface area contributed by atoms with Gasteiger partial charge in [-0.05, 0) is 24.3 Å². The third kappa shape index (κ3) is 4.39. The SMILES string of the molecule is O=P(O)(O)OC[C@H]1O[C@@H](Oc2ccc(O)cc2)[C@H](O)[C@@H]1O. The second-order valence-corrected chi connectivity index (χ2v) is 5.66. The summed E-state index contributed by atoms with van der Waals surface area (Å²) in [6.07, 6.45) is -5.20. The van der Waals surface area contributed by atoms with E-state index >= 15 is 0 Å². The Hall–Kier alpha value is -1.19. The van der Waals surface area contributed by atoms with Gasteiger partial charge >= 0.3 is 7.82 Å². The maximum Gasteiger partial charge on any atom is 0.469 e. The monoisotopic (exact) mass is 322 g/mol. The van der Waals surface area contributed by atoms with Gasteiger partial charge in [-0.3, -0.25) is 4.52 Å². The summed E-state index contributed by atoms with van der Waals surface area (Å²) in [5.41, 5.74) is 0. The molecule has 1 aliphatic rings. The highest BCUT2D eigenvalue weighted by Crippen LogP contribution is 2.37. The minimum absolute atomic E-state index is 0.0307. The van der Waals surface area contributed by atoms with Gasteiger partial charge in [0.2, 0.25) is 6.29 Å². The molecule has 1 saturated heterocycles. The van der Waals surface area contributed by atoms with Crippen molar-refractivity contribution in [1.29, 1.82) is 0 Å². The fourth-order valence-electron chi connectivity index (χ4n) is 1.78. The van der Waals surface area contributed by atoms with Crippen LogP contribution in [0.2, 0.25) is 0 Å². The van der Waals surface area contributed by atoms with E-state index in [1.165, 1.54) is 24.3 Å². The summed E-state index contributed by atoms with van der Waals surface area (Å²) in [6.45, 7) is -0.599. The van der Waals surface area contributed by atoms with E-state index in [0.717, 1.165) is 0 Å². The van der Waals surface area contributed by atoms with Crippen molar-refractivity contribution in [2.24, 2.45) is 0 Å². The molecule has 1 aliphatic heterocycles. The molecule has 0 spiro atoms. The molecular weight excluding hydrogens is 307 g/mol. The molecule has 118 valence electrons. The Morgan fingerprint density at radius 3 is 2.33 bits per heavy atom. The van der Waals surface area contributed by atoms with Crippen LogP contribution in [0, 0.1) is 0 Å². The van der Waals surface area contributed by atoms with Gasteiger partial charge in [-0.25, -0.2) is 4.57 Å². The Kier molecular flexibility index (Phi) is 4.84. The number of ether oxygens (including phenoxy) is 2. The molecule has 0 unspecified atom stereocenters. The van der Waals surface area contributed by atoms with Crippen LogP contribution >= 0.6 is 7.82 Å². The van der Waals surface area contributed by atoms with Crippen molar-refractivity contribution in [2.75, 3.05) is 6.61 Å². The zero-order chi connectivity index (χ0) is 15.6. The number of hydrogen-bond donors (Lipinski definition) is 5. The van der Waals surface area contributed by atoms with Crippen LogP contribution in [0.4, 0.5) is 0 Å². The molecule has 2 rings (SSSR count). The molecule has 1 aromatic rings. The van der Waals surface area contributed by atoms with E-state index in [1.54, 1.807) is 0 Å². The van der Waals surface area contributed by atoms with Crippen LogP contribution in [0.15, 0.2) is 24.3 Å². The van der Waals surface area contributed by atoms with Crippen LogP contribution in [0.25, 0.3) is 0 Å². The molecular formula is C11H15O9P. The molecule has 1 heterocycles. The quantitative estimate of drug-likeness (QED) is 0.445. The predicted molar refractivity (Wildman–Crippen MR) is 67.4 cm³/mol. The maximum atomic E-state index is 10.6.